The zero-order valence-electron chi connectivity index (χ0n) is 9.09. The zero-order valence-corrected chi connectivity index (χ0v) is 9.09. The largest absolute Gasteiger partial charge is 0.462 e. The smallest absolute Gasteiger partial charge is 0.352 e. The highest BCUT2D eigenvalue weighted by Crippen LogP contribution is 2.09. The molecule has 1 aromatic rings. The van der Waals surface area contributed by atoms with Crippen molar-refractivity contribution in [2.45, 2.75) is 27.2 Å². The van der Waals surface area contributed by atoms with Gasteiger partial charge in [-0.25, -0.2) is 9.78 Å². The Hall–Kier alpha value is -1.65. The molecule has 0 amide bonds. The van der Waals surface area contributed by atoms with E-state index in [-0.39, 0.29) is 18.7 Å². The van der Waals surface area contributed by atoms with E-state index < -0.39 is 5.97 Å². The molecule has 1 N–H and O–H groups in total. The van der Waals surface area contributed by atoms with E-state index in [1.165, 1.54) is 0 Å². The maximum atomic E-state index is 11.1. The van der Waals surface area contributed by atoms with Crippen LogP contribution >= 0.6 is 0 Å². The van der Waals surface area contributed by atoms with Crippen LogP contribution in [0.15, 0.2) is 4.42 Å². The van der Waals surface area contributed by atoms with Gasteiger partial charge in [0.15, 0.2) is 0 Å². The molecule has 0 aliphatic heterocycles. The van der Waals surface area contributed by atoms with Crippen molar-refractivity contribution >= 4 is 11.7 Å². The fourth-order valence-electron chi connectivity index (χ4n) is 1.06. The summed E-state index contributed by atoms with van der Waals surface area (Å²) in [4.78, 5) is 15.2. The molecule has 0 bridgehead atoms. The summed E-state index contributed by atoms with van der Waals surface area (Å²) in [6.45, 7) is 5.58. The van der Waals surface area contributed by atoms with Crippen molar-refractivity contribution in [3.05, 3.63) is 17.3 Å². The van der Waals surface area contributed by atoms with Crippen LogP contribution in [0.2, 0.25) is 0 Å². The number of nitrogens with one attached hydrogen (secondary N) is 1. The fourth-order valence-corrected chi connectivity index (χ4v) is 1.06. The second-order valence-corrected chi connectivity index (χ2v) is 3.13. The van der Waals surface area contributed by atoms with Crippen LogP contribution in [0, 0.1) is 19.3 Å². The molecule has 5 heteroatoms. The minimum Gasteiger partial charge on any atom is -0.462 e. The SMILES string of the molecule is CCOC(=O)C(=N)Cc1nc(C)c(C)o1. The predicted octanol–water partition coefficient (Wildman–Crippen LogP) is 1.42. The molecule has 1 heterocycles. The first-order valence-corrected chi connectivity index (χ1v) is 4.72. The third kappa shape index (κ3) is 2.90. The van der Waals surface area contributed by atoms with Crippen LogP contribution in [0.25, 0.3) is 0 Å². The molecular formula is C10H14N2O3. The average molecular weight is 210 g/mol. The second kappa shape index (κ2) is 4.72. The molecule has 1 aromatic heterocycles. The van der Waals surface area contributed by atoms with E-state index in [9.17, 15) is 4.79 Å². The number of carbonyl (C=O) groups is 1. The van der Waals surface area contributed by atoms with Gasteiger partial charge < -0.3 is 9.15 Å². The highest BCUT2D eigenvalue weighted by atomic mass is 16.5. The molecule has 0 atom stereocenters. The van der Waals surface area contributed by atoms with Crippen LogP contribution < -0.4 is 0 Å². The van der Waals surface area contributed by atoms with Crippen LogP contribution in [-0.4, -0.2) is 23.3 Å². The average Bonchev–Trinajstić information content (AvgIpc) is 2.46. The number of carbonyl (C=O) groups excluding carboxylic acids is 1. The number of esters is 1. The minimum absolute atomic E-state index is 0.0769. The van der Waals surface area contributed by atoms with Crippen molar-refractivity contribution in [2.24, 2.45) is 0 Å². The van der Waals surface area contributed by atoms with Gasteiger partial charge in [0.2, 0.25) is 5.89 Å². The van der Waals surface area contributed by atoms with E-state index in [0.717, 1.165) is 5.69 Å². The Kier molecular flexibility index (Phi) is 3.60. The predicted molar refractivity (Wildman–Crippen MR) is 54.0 cm³/mol. The van der Waals surface area contributed by atoms with E-state index in [4.69, 9.17) is 9.83 Å². The Balaban J connectivity index is 2.62. The zero-order chi connectivity index (χ0) is 11.4. The lowest BCUT2D eigenvalue weighted by atomic mass is 10.3. The van der Waals surface area contributed by atoms with Crippen LogP contribution in [0.4, 0.5) is 0 Å². The van der Waals surface area contributed by atoms with Gasteiger partial charge in [-0.2, -0.15) is 0 Å². The van der Waals surface area contributed by atoms with Crippen LogP contribution in [0.5, 0.6) is 0 Å². The first kappa shape index (κ1) is 11.4. The third-order valence-electron chi connectivity index (χ3n) is 1.92. The summed E-state index contributed by atoms with van der Waals surface area (Å²) in [6.07, 6.45) is 0.0769. The van der Waals surface area contributed by atoms with Gasteiger partial charge in [0.1, 0.15) is 11.5 Å². The summed E-state index contributed by atoms with van der Waals surface area (Å²) in [5, 5.41) is 7.44. The molecule has 0 unspecified atom stereocenters. The lowest BCUT2D eigenvalue weighted by molar-refractivity contribution is -0.135. The number of nitrogens with zero attached hydrogens (tertiary/aromatic N) is 1. The van der Waals surface area contributed by atoms with E-state index in [1.807, 2.05) is 6.92 Å². The van der Waals surface area contributed by atoms with Gasteiger partial charge in [-0.05, 0) is 20.8 Å². The summed E-state index contributed by atoms with van der Waals surface area (Å²) < 4.78 is 9.93. The maximum absolute atomic E-state index is 11.1. The maximum Gasteiger partial charge on any atom is 0.352 e. The number of aryl methyl sites for hydroxylation is 2. The van der Waals surface area contributed by atoms with E-state index in [2.05, 4.69) is 9.72 Å². The first-order chi connectivity index (χ1) is 7.04. The monoisotopic (exact) mass is 210 g/mol. The minimum atomic E-state index is -0.619. The summed E-state index contributed by atoms with van der Waals surface area (Å²) in [5.74, 6) is 0.468. The Labute approximate surface area is 88.0 Å². The van der Waals surface area contributed by atoms with E-state index in [0.29, 0.717) is 11.7 Å². The first-order valence-electron chi connectivity index (χ1n) is 4.72. The lowest BCUT2D eigenvalue weighted by Crippen LogP contribution is -2.18. The van der Waals surface area contributed by atoms with Crippen molar-refractivity contribution in [3.63, 3.8) is 0 Å². The molecule has 0 fully saturated rings. The Morgan fingerprint density at radius 3 is 2.67 bits per heavy atom. The van der Waals surface area contributed by atoms with Crippen LogP contribution in [0.1, 0.15) is 24.3 Å². The Morgan fingerprint density at radius 1 is 1.53 bits per heavy atom. The van der Waals surface area contributed by atoms with Gasteiger partial charge in [0, 0.05) is 0 Å². The highest BCUT2D eigenvalue weighted by molar-refractivity contribution is 6.35. The number of aromatic nitrogens is 1. The third-order valence-corrected chi connectivity index (χ3v) is 1.92. The van der Waals surface area contributed by atoms with Crippen molar-refractivity contribution in [3.8, 4) is 0 Å². The number of ether oxygens (including phenoxy) is 1. The van der Waals surface area contributed by atoms with Crippen LogP contribution in [-0.2, 0) is 16.0 Å². The molecule has 0 aliphatic rings. The fraction of sp³-hybridized carbons (Fsp3) is 0.500. The van der Waals surface area contributed by atoms with Gasteiger partial charge in [-0.1, -0.05) is 0 Å². The van der Waals surface area contributed by atoms with Gasteiger partial charge >= 0.3 is 5.97 Å². The molecule has 0 radical (unpaired) electrons. The quantitative estimate of drug-likeness (QED) is 0.602. The highest BCUT2D eigenvalue weighted by Gasteiger charge is 2.15. The second-order valence-electron chi connectivity index (χ2n) is 3.13. The Morgan fingerprint density at radius 2 is 2.20 bits per heavy atom. The molecular weight excluding hydrogens is 196 g/mol. The summed E-state index contributed by atoms with van der Waals surface area (Å²) >= 11 is 0. The molecule has 0 saturated heterocycles. The van der Waals surface area contributed by atoms with Crippen molar-refractivity contribution in [2.75, 3.05) is 6.61 Å². The Bertz CT molecular complexity index is 363. The van der Waals surface area contributed by atoms with E-state index in [1.54, 1.807) is 13.8 Å². The molecule has 1 rings (SSSR count). The molecule has 0 spiro atoms. The molecule has 15 heavy (non-hydrogen) atoms. The summed E-state index contributed by atoms with van der Waals surface area (Å²) in [6, 6.07) is 0. The van der Waals surface area contributed by atoms with E-state index >= 15 is 0 Å². The number of rotatable bonds is 4. The van der Waals surface area contributed by atoms with Crippen molar-refractivity contribution in [1.29, 1.82) is 5.41 Å². The van der Waals surface area contributed by atoms with Crippen molar-refractivity contribution in [1.82, 2.24) is 4.98 Å². The number of hydrogen-bond donors (Lipinski definition) is 1. The topological polar surface area (TPSA) is 76.2 Å². The summed E-state index contributed by atoms with van der Waals surface area (Å²) in [5.41, 5.74) is 0.639. The number of oxazole rings is 1. The standard InChI is InChI=1S/C10H14N2O3/c1-4-14-10(13)8(11)5-9-12-6(2)7(3)15-9/h11H,4-5H2,1-3H3. The molecule has 82 valence electrons. The molecule has 0 saturated carbocycles. The molecule has 0 aromatic carbocycles. The van der Waals surface area contributed by atoms with Gasteiger partial charge in [0.25, 0.3) is 0 Å². The lowest BCUT2D eigenvalue weighted by Gasteiger charge is -2.00. The number of hydrogen-bond acceptors (Lipinski definition) is 5. The van der Waals surface area contributed by atoms with Gasteiger partial charge in [-0.15, -0.1) is 0 Å². The normalized spacial score (nSPS) is 10.1. The summed E-state index contributed by atoms with van der Waals surface area (Å²) in [7, 11) is 0. The van der Waals surface area contributed by atoms with Crippen LogP contribution in [0.3, 0.4) is 0 Å². The van der Waals surface area contributed by atoms with Gasteiger partial charge in [-0.3, -0.25) is 5.41 Å². The van der Waals surface area contributed by atoms with Gasteiger partial charge in [0.05, 0.1) is 18.7 Å². The molecule has 0 aliphatic carbocycles. The van der Waals surface area contributed by atoms with Crippen molar-refractivity contribution < 1.29 is 13.9 Å². The molecule has 5 nitrogen and oxygen atoms in total.